The molecule has 1 aromatic heterocycles. The maximum Gasteiger partial charge on any atom is 0.195 e. The van der Waals surface area contributed by atoms with E-state index >= 15 is 0 Å². The Morgan fingerprint density at radius 1 is 1.35 bits per heavy atom. The number of H-pyrrole nitrogens is 1. The van der Waals surface area contributed by atoms with E-state index in [0.717, 1.165) is 22.1 Å². The molecule has 0 spiro atoms. The lowest BCUT2D eigenvalue weighted by Gasteiger charge is -2.14. The topological polar surface area (TPSA) is 33.6 Å². The summed E-state index contributed by atoms with van der Waals surface area (Å²) in [4.78, 5) is 0. The first-order valence-electron chi connectivity index (χ1n) is 5.99. The molecule has 1 unspecified atom stereocenters. The van der Waals surface area contributed by atoms with Crippen molar-refractivity contribution in [3.8, 4) is 11.4 Å². The Balaban J connectivity index is 2.09. The summed E-state index contributed by atoms with van der Waals surface area (Å²) in [7, 11) is 0. The quantitative estimate of drug-likeness (QED) is 0.839. The molecule has 1 aliphatic rings. The maximum absolute atomic E-state index is 5.34. The fourth-order valence-corrected chi connectivity index (χ4v) is 2.56. The number of hydrogen-bond donors (Lipinski definition) is 1. The van der Waals surface area contributed by atoms with Crippen molar-refractivity contribution in [1.82, 2.24) is 14.8 Å². The molecule has 0 saturated heterocycles. The number of nitrogens with one attached hydrogen (secondary N) is 1. The molecule has 0 amide bonds. The highest BCUT2D eigenvalue weighted by molar-refractivity contribution is 7.71. The van der Waals surface area contributed by atoms with Gasteiger partial charge in [0, 0.05) is 11.6 Å². The van der Waals surface area contributed by atoms with E-state index in [0.29, 0.717) is 6.04 Å². The second-order valence-electron chi connectivity index (χ2n) is 4.67. The van der Waals surface area contributed by atoms with Crippen LogP contribution in [0.4, 0.5) is 0 Å². The van der Waals surface area contributed by atoms with Gasteiger partial charge in [0.05, 0.1) is 0 Å². The Labute approximate surface area is 105 Å². The summed E-state index contributed by atoms with van der Waals surface area (Å²) in [5.74, 6) is 1.72. The Bertz CT molecular complexity index is 566. The lowest BCUT2D eigenvalue weighted by atomic mass is 10.1. The predicted octanol–water partition coefficient (Wildman–Crippen LogP) is 3.58. The average Bonchev–Trinajstić information content (AvgIpc) is 3.13. The second kappa shape index (κ2) is 4.11. The molecule has 1 aromatic carbocycles. The van der Waals surface area contributed by atoms with Crippen LogP contribution in [0, 0.1) is 10.7 Å². The highest BCUT2D eigenvalue weighted by Gasteiger charge is 2.31. The van der Waals surface area contributed by atoms with Crippen LogP contribution in [-0.4, -0.2) is 14.8 Å². The highest BCUT2D eigenvalue weighted by atomic mass is 32.1. The molecule has 1 fully saturated rings. The van der Waals surface area contributed by atoms with E-state index in [-0.39, 0.29) is 0 Å². The van der Waals surface area contributed by atoms with E-state index in [1.165, 1.54) is 12.8 Å². The summed E-state index contributed by atoms with van der Waals surface area (Å²) in [6, 6.07) is 10.6. The van der Waals surface area contributed by atoms with Crippen molar-refractivity contribution in [2.75, 3.05) is 0 Å². The van der Waals surface area contributed by atoms with Crippen LogP contribution in [0.25, 0.3) is 11.4 Å². The van der Waals surface area contributed by atoms with E-state index in [1.807, 2.05) is 18.2 Å². The van der Waals surface area contributed by atoms with Crippen LogP contribution >= 0.6 is 12.2 Å². The molecule has 1 N–H and O–H groups in total. The minimum atomic E-state index is 0.441. The molecule has 2 aromatic rings. The fourth-order valence-electron chi connectivity index (χ4n) is 2.26. The molecule has 1 heterocycles. The van der Waals surface area contributed by atoms with E-state index in [4.69, 9.17) is 12.2 Å². The molecular formula is C13H15N3S. The summed E-state index contributed by atoms with van der Waals surface area (Å²) < 4.78 is 2.88. The van der Waals surface area contributed by atoms with Crippen LogP contribution in [0.1, 0.15) is 25.8 Å². The average molecular weight is 245 g/mol. The molecule has 0 aliphatic heterocycles. The van der Waals surface area contributed by atoms with Crippen LogP contribution in [0.2, 0.25) is 0 Å². The molecule has 1 atom stereocenters. The van der Waals surface area contributed by atoms with Gasteiger partial charge in [0.1, 0.15) is 0 Å². The third-order valence-electron chi connectivity index (χ3n) is 3.45. The Hall–Kier alpha value is -1.42. The van der Waals surface area contributed by atoms with Gasteiger partial charge in [-0.3, -0.25) is 9.67 Å². The smallest absolute Gasteiger partial charge is 0.195 e. The Morgan fingerprint density at radius 2 is 2.06 bits per heavy atom. The molecule has 1 aliphatic carbocycles. The van der Waals surface area contributed by atoms with Crippen molar-refractivity contribution in [3.63, 3.8) is 0 Å². The first-order chi connectivity index (χ1) is 8.27. The molecule has 3 nitrogen and oxygen atoms in total. The number of nitrogens with zero attached hydrogens (tertiary/aromatic N) is 2. The minimum absolute atomic E-state index is 0.441. The lowest BCUT2D eigenvalue weighted by molar-refractivity contribution is 0.484. The van der Waals surface area contributed by atoms with E-state index < -0.39 is 0 Å². The van der Waals surface area contributed by atoms with E-state index in [1.54, 1.807) is 0 Å². The van der Waals surface area contributed by atoms with Crippen molar-refractivity contribution < 1.29 is 0 Å². The minimum Gasteiger partial charge on any atom is -0.297 e. The Morgan fingerprint density at radius 3 is 2.71 bits per heavy atom. The van der Waals surface area contributed by atoms with Gasteiger partial charge in [-0.1, -0.05) is 30.3 Å². The summed E-state index contributed by atoms with van der Waals surface area (Å²) in [6.07, 6.45) is 2.62. The monoisotopic (exact) mass is 245 g/mol. The maximum atomic E-state index is 5.34. The van der Waals surface area contributed by atoms with Gasteiger partial charge in [-0.25, -0.2) is 0 Å². The molecule has 1 saturated carbocycles. The first-order valence-corrected chi connectivity index (χ1v) is 6.40. The normalized spacial score (nSPS) is 17.0. The molecule has 4 heteroatoms. The van der Waals surface area contributed by atoms with Crippen LogP contribution in [0.15, 0.2) is 30.3 Å². The van der Waals surface area contributed by atoms with Crippen LogP contribution in [-0.2, 0) is 0 Å². The summed E-state index contributed by atoms with van der Waals surface area (Å²) in [5, 5.41) is 7.28. The summed E-state index contributed by atoms with van der Waals surface area (Å²) in [6.45, 7) is 2.23. The first kappa shape index (κ1) is 10.7. The van der Waals surface area contributed by atoms with Crippen molar-refractivity contribution in [2.45, 2.75) is 25.8 Å². The number of hydrogen-bond acceptors (Lipinski definition) is 2. The zero-order chi connectivity index (χ0) is 11.8. The summed E-state index contributed by atoms with van der Waals surface area (Å²) >= 11 is 5.34. The van der Waals surface area contributed by atoms with Gasteiger partial charge in [0.15, 0.2) is 10.6 Å². The van der Waals surface area contributed by atoms with Gasteiger partial charge in [0.2, 0.25) is 0 Å². The van der Waals surface area contributed by atoms with E-state index in [9.17, 15) is 0 Å². The third kappa shape index (κ3) is 1.93. The number of rotatable bonds is 3. The fraction of sp³-hybridized carbons (Fsp3) is 0.385. The lowest BCUT2D eigenvalue weighted by Crippen LogP contribution is -2.09. The van der Waals surface area contributed by atoms with Crippen LogP contribution in [0.5, 0.6) is 0 Å². The van der Waals surface area contributed by atoms with Crippen LogP contribution < -0.4 is 0 Å². The van der Waals surface area contributed by atoms with Gasteiger partial charge in [0.25, 0.3) is 0 Å². The van der Waals surface area contributed by atoms with Crippen molar-refractivity contribution in [3.05, 3.63) is 35.1 Å². The second-order valence-corrected chi connectivity index (χ2v) is 5.05. The zero-order valence-corrected chi connectivity index (χ0v) is 10.6. The highest BCUT2D eigenvalue weighted by Crippen LogP contribution is 2.40. The third-order valence-corrected chi connectivity index (χ3v) is 3.74. The van der Waals surface area contributed by atoms with Crippen molar-refractivity contribution in [2.24, 2.45) is 5.92 Å². The largest absolute Gasteiger partial charge is 0.297 e. The zero-order valence-electron chi connectivity index (χ0n) is 9.76. The van der Waals surface area contributed by atoms with Gasteiger partial charge in [-0.05, 0) is 37.9 Å². The summed E-state index contributed by atoms with van der Waals surface area (Å²) in [5.41, 5.74) is 1.12. The molecular weight excluding hydrogens is 230 g/mol. The van der Waals surface area contributed by atoms with Crippen molar-refractivity contribution in [1.29, 1.82) is 0 Å². The van der Waals surface area contributed by atoms with Gasteiger partial charge in [-0.15, -0.1) is 0 Å². The SMILES string of the molecule is CC(C1CC1)n1c(-c2ccccc2)n[nH]c1=S. The van der Waals surface area contributed by atoms with E-state index in [2.05, 4.69) is 33.8 Å². The standard InChI is InChI=1S/C13H15N3S/c1-9(10-7-8-10)16-12(14-15-13(16)17)11-5-3-2-4-6-11/h2-6,9-10H,7-8H2,1H3,(H,15,17). The molecule has 0 bridgehead atoms. The number of aromatic nitrogens is 3. The molecule has 17 heavy (non-hydrogen) atoms. The number of aromatic amines is 1. The molecule has 3 rings (SSSR count). The predicted molar refractivity (Wildman–Crippen MR) is 70.3 cm³/mol. The van der Waals surface area contributed by atoms with Gasteiger partial charge >= 0.3 is 0 Å². The van der Waals surface area contributed by atoms with Gasteiger partial charge < -0.3 is 0 Å². The molecule has 88 valence electrons. The number of benzene rings is 1. The van der Waals surface area contributed by atoms with Crippen molar-refractivity contribution >= 4 is 12.2 Å². The van der Waals surface area contributed by atoms with Gasteiger partial charge in [-0.2, -0.15) is 5.10 Å². The molecule has 0 radical (unpaired) electrons. The van der Waals surface area contributed by atoms with Crippen LogP contribution in [0.3, 0.4) is 0 Å². The Kier molecular flexibility index (Phi) is 2.59.